The van der Waals surface area contributed by atoms with Crippen LogP contribution in [0.25, 0.3) is 0 Å². The highest BCUT2D eigenvalue weighted by atomic mass is 31.2. The fourth-order valence-corrected chi connectivity index (χ4v) is 8.02. The number of aliphatic hydroxyl groups excluding tert-OH is 1. The highest BCUT2D eigenvalue weighted by molar-refractivity contribution is 7.47. The van der Waals surface area contributed by atoms with Gasteiger partial charge in [-0.25, -0.2) is 4.57 Å². The van der Waals surface area contributed by atoms with Gasteiger partial charge in [0.25, 0.3) is 0 Å². The van der Waals surface area contributed by atoms with E-state index in [1.54, 1.807) is 6.08 Å². The van der Waals surface area contributed by atoms with Crippen LogP contribution in [0, 0.1) is 0 Å². The van der Waals surface area contributed by atoms with Gasteiger partial charge in [-0.3, -0.25) is 13.8 Å². The predicted molar refractivity (Wildman–Crippen MR) is 258 cm³/mol. The molecule has 0 saturated carbocycles. The second kappa shape index (κ2) is 43.0. The third-order valence-electron chi connectivity index (χ3n) is 11.3. The van der Waals surface area contributed by atoms with Gasteiger partial charge in [-0.2, -0.15) is 0 Å². The fourth-order valence-electron chi connectivity index (χ4n) is 7.29. The average Bonchev–Trinajstić information content (AvgIpc) is 3.20. The molecule has 0 aromatic heterocycles. The number of quaternary nitrogens is 1. The van der Waals surface area contributed by atoms with Crippen LogP contribution in [-0.2, 0) is 18.4 Å². The van der Waals surface area contributed by atoms with E-state index in [1.807, 2.05) is 27.2 Å². The van der Waals surface area contributed by atoms with E-state index in [-0.39, 0.29) is 19.1 Å². The molecule has 0 radical (unpaired) electrons. The van der Waals surface area contributed by atoms with Crippen molar-refractivity contribution in [3.05, 3.63) is 36.5 Å². The maximum absolute atomic E-state index is 12.9. The lowest BCUT2D eigenvalue weighted by Crippen LogP contribution is -2.45. The summed E-state index contributed by atoms with van der Waals surface area (Å²) < 4.78 is 23.6. The van der Waals surface area contributed by atoms with Crippen LogP contribution in [0.3, 0.4) is 0 Å². The van der Waals surface area contributed by atoms with E-state index in [0.29, 0.717) is 17.4 Å². The molecule has 0 bridgehead atoms. The monoisotopic (exact) mass is 868 g/mol. The highest BCUT2D eigenvalue weighted by Gasteiger charge is 2.27. The number of carbonyl (C=O) groups is 1. The number of carbonyl (C=O) groups excluding carboxylic acids is 1. The number of phosphoric acid groups is 1. The Hall–Kier alpha value is -1.28. The highest BCUT2D eigenvalue weighted by Crippen LogP contribution is 2.43. The number of hydrogen-bond acceptors (Lipinski definition) is 5. The van der Waals surface area contributed by atoms with Crippen molar-refractivity contribution in [1.29, 1.82) is 0 Å². The van der Waals surface area contributed by atoms with Crippen LogP contribution in [0.2, 0.25) is 0 Å². The van der Waals surface area contributed by atoms with Gasteiger partial charge in [0.05, 0.1) is 39.9 Å². The molecular weight excluding hydrogens is 768 g/mol. The first-order valence-corrected chi connectivity index (χ1v) is 26.9. The largest absolute Gasteiger partial charge is 0.472 e. The van der Waals surface area contributed by atoms with Gasteiger partial charge in [0.1, 0.15) is 13.2 Å². The Morgan fingerprint density at radius 3 is 1.33 bits per heavy atom. The number of hydrogen-bond donors (Lipinski definition) is 3. The first kappa shape index (κ1) is 58.7. The zero-order valence-corrected chi connectivity index (χ0v) is 41.1. The molecule has 0 aliphatic carbocycles. The Labute approximate surface area is 372 Å². The molecule has 0 aliphatic rings. The smallest absolute Gasteiger partial charge is 0.387 e. The molecule has 1 amide bonds. The van der Waals surface area contributed by atoms with Crippen molar-refractivity contribution in [2.45, 2.75) is 244 Å². The number of phosphoric ester groups is 1. The van der Waals surface area contributed by atoms with E-state index in [2.05, 4.69) is 43.5 Å². The summed E-state index contributed by atoms with van der Waals surface area (Å²) in [6.07, 6.45) is 53.7. The quantitative estimate of drug-likeness (QED) is 0.0244. The Morgan fingerprint density at radius 1 is 0.550 bits per heavy atom. The number of allylic oxidation sites excluding steroid dienone is 5. The predicted octanol–water partition coefficient (Wildman–Crippen LogP) is 14.6. The molecule has 354 valence electrons. The molecule has 0 fully saturated rings. The average molecular weight is 868 g/mol. The summed E-state index contributed by atoms with van der Waals surface area (Å²) in [7, 11) is 1.55. The normalized spacial score (nSPS) is 14.4. The van der Waals surface area contributed by atoms with Gasteiger partial charge in [0.15, 0.2) is 0 Å². The molecule has 3 N–H and O–H groups in total. The Bertz CT molecular complexity index is 1070. The molecule has 8 nitrogen and oxygen atoms in total. The second-order valence-corrected chi connectivity index (χ2v) is 20.0. The third kappa shape index (κ3) is 44.8. The molecule has 0 aromatic rings. The number of nitrogens with zero attached hydrogens (tertiary/aromatic N) is 1. The first-order valence-electron chi connectivity index (χ1n) is 25.4. The Kier molecular flexibility index (Phi) is 42.1. The summed E-state index contributed by atoms with van der Waals surface area (Å²) in [6.45, 7) is 4.80. The molecule has 0 aliphatic heterocycles. The number of rotatable bonds is 46. The van der Waals surface area contributed by atoms with Crippen molar-refractivity contribution in [2.75, 3.05) is 40.9 Å². The summed E-state index contributed by atoms with van der Waals surface area (Å²) in [5.74, 6) is -0.190. The molecule has 3 atom stereocenters. The maximum atomic E-state index is 12.9. The molecule has 0 spiro atoms. The van der Waals surface area contributed by atoms with Crippen LogP contribution >= 0.6 is 7.82 Å². The number of amides is 1. The lowest BCUT2D eigenvalue weighted by molar-refractivity contribution is -0.870. The molecule has 9 heteroatoms. The zero-order valence-electron chi connectivity index (χ0n) is 40.2. The topological polar surface area (TPSA) is 105 Å². The van der Waals surface area contributed by atoms with Crippen molar-refractivity contribution in [3.8, 4) is 0 Å². The summed E-state index contributed by atoms with van der Waals surface area (Å²) in [5.41, 5.74) is 0. The van der Waals surface area contributed by atoms with E-state index in [4.69, 9.17) is 9.05 Å². The fraction of sp³-hybridized carbons (Fsp3) is 0.863. The zero-order chi connectivity index (χ0) is 44.3. The van der Waals surface area contributed by atoms with Crippen LogP contribution in [-0.4, -0.2) is 73.4 Å². The van der Waals surface area contributed by atoms with Gasteiger partial charge >= 0.3 is 7.82 Å². The third-order valence-corrected chi connectivity index (χ3v) is 12.3. The minimum absolute atomic E-state index is 0.0555. The summed E-state index contributed by atoms with van der Waals surface area (Å²) >= 11 is 0. The number of aliphatic hydroxyl groups is 1. The van der Waals surface area contributed by atoms with Gasteiger partial charge in [-0.05, 0) is 57.8 Å². The van der Waals surface area contributed by atoms with Gasteiger partial charge in [-0.15, -0.1) is 0 Å². The van der Waals surface area contributed by atoms with Crippen LogP contribution in [0.5, 0.6) is 0 Å². The molecule has 0 saturated heterocycles. The van der Waals surface area contributed by atoms with E-state index in [0.717, 1.165) is 38.5 Å². The molecule has 0 heterocycles. The van der Waals surface area contributed by atoms with E-state index < -0.39 is 20.0 Å². The van der Waals surface area contributed by atoms with E-state index in [1.165, 1.54) is 173 Å². The van der Waals surface area contributed by atoms with Crippen LogP contribution < -0.4 is 5.32 Å². The summed E-state index contributed by atoms with van der Waals surface area (Å²) in [5, 5.41) is 13.8. The minimum atomic E-state index is -4.35. The number of nitrogens with one attached hydrogen (secondary N) is 1. The first-order chi connectivity index (χ1) is 29.0. The summed E-state index contributed by atoms with van der Waals surface area (Å²) in [6, 6.07) is -0.864. The van der Waals surface area contributed by atoms with Gasteiger partial charge in [0.2, 0.25) is 5.91 Å². The van der Waals surface area contributed by atoms with Gasteiger partial charge < -0.3 is 19.8 Å². The maximum Gasteiger partial charge on any atom is 0.472 e. The van der Waals surface area contributed by atoms with E-state index in [9.17, 15) is 19.4 Å². The number of unbranched alkanes of at least 4 members (excludes halogenated alkanes) is 29. The Balaban J connectivity index is 4.31. The standard InChI is InChI=1S/C51H99N2O6P/c1-6-8-10-12-14-16-18-20-22-23-24-25-26-27-28-29-31-33-35-37-39-41-43-45-51(55)52-49(48-59-60(56,57)58-47-46-53(3,4)5)50(54)44-42-40-38-36-34-32-30-21-19-17-15-13-11-9-7-2/h27-28,34,36,42,44,49-50,54H,6-26,29-33,35,37-41,43,45-48H2,1-5H3,(H-,52,55,56,57)/p+1/b28-27-,36-34+,44-42+. The molecular formula is C51H100N2O6P+. The van der Waals surface area contributed by atoms with E-state index >= 15 is 0 Å². The molecule has 0 rings (SSSR count). The SMILES string of the molecule is CCCCCCCCCCC/C=C/CC/C=C/C(O)C(COP(=O)(O)OCC[N+](C)(C)C)NC(=O)CCCCCCCCC/C=C\CCCCCCCCCCCCCC. The van der Waals surface area contributed by atoms with Crippen LogP contribution in [0.1, 0.15) is 232 Å². The van der Waals surface area contributed by atoms with Crippen LogP contribution in [0.4, 0.5) is 0 Å². The van der Waals surface area contributed by atoms with Crippen molar-refractivity contribution in [2.24, 2.45) is 0 Å². The van der Waals surface area contributed by atoms with Gasteiger partial charge in [0, 0.05) is 6.42 Å². The van der Waals surface area contributed by atoms with Crippen molar-refractivity contribution >= 4 is 13.7 Å². The molecule has 3 unspecified atom stereocenters. The lowest BCUT2D eigenvalue weighted by Gasteiger charge is -2.25. The van der Waals surface area contributed by atoms with Crippen molar-refractivity contribution in [1.82, 2.24) is 5.32 Å². The lowest BCUT2D eigenvalue weighted by atomic mass is 10.0. The van der Waals surface area contributed by atoms with Gasteiger partial charge in [-0.1, -0.05) is 204 Å². The minimum Gasteiger partial charge on any atom is -0.387 e. The second-order valence-electron chi connectivity index (χ2n) is 18.5. The Morgan fingerprint density at radius 2 is 0.917 bits per heavy atom. The summed E-state index contributed by atoms with van der Waals surface area (Å²) in [4.78, 5) is 23.2. The van der Waals surface area contributed by atoms with Crippen LogP contribution in [0.15, 0.2) is 36.5 Å². The molecule has 60 heavy (non-hydrogen) atoms. The van der Waals surface area contributed by atoms with Crippen molar-refractivity contribution in [3.63, 3.8) is 0 Å². The molecule has 0 aromatic carbocycles. The number of likely N-dealkylation sites (N-methyl/N-ethyl adjacent to an activating group) is 1. The van der Waals surface area contributed by atoms with Crippen molar-refractivity contribution < 1.29 is 32.9 Å².